The maximum Gasteiger partial charge on any atom is 0.261 e. The van der Waals surface area contributed by atoms with E-state index in [4.69, 9.17) is 27.9 Å². The van der Waals surface area contributed by atoms with Crippen molar-refractivity contribution in [1.82, 2.24) is 4.57 Å². The molecule has 1 N–H and O–H groups in total. The van der Waals surface area contributed by atoms with Gasteiger partial charge in [0.2, 0.25) is 0 Å². The number of fused-ring (bicyclic) bond motifs is 4. The van der Waals surface area contributed by atoms with Crippen molar-refractivity contribution in [3.63, 3.8) is 0 Å². The number of nitrogens with one attached hydrogen (secondary N) is 1. The minimum Gasteiger partial charge on any atom is -0.495 e. The summed E-state index contributed by atoms with van der Waals surface area (Å²) in [6, 6.07) is 18.3. The van der Waals surface area contributed by atoms with Gasteiger partial charge >= 0.3 is 0 Å². The number of methoxy groups -OCH3 is 1. The van der Waals surface area contributed by atoms with Crippen LogP contribution in [-0.4, -0.2) is 23.5 Å². The highest BCUT2D eigenvalue weighted by molar-refractivity contribution is 6.32. The highest BCUT2D eigenvalue weighted by Gasteiger charge is 2.63. The lowest BCUT2D eigenvalue weighted by atomic mass is 9.81. The number of aryl methyl sites for hydroxylation is 1. The van der Waals surface area contributed by atoms with Gasteiger partial charge in [-0.05, 0) is 54.8 Å². The number of para-hydroxylation sites is 2. The van der Waals surface area contributed by atoms with Crippen LogP contribution in [0.3, 0.4) is 0 Å². The van der Waals surface area contributed by atoms with E-state index in [2.05, 4.69) is 19.2 Å². The summed E-state index contributed by atoms with van der Waals surface area (Å²) in [5, 5.41) is 3.99. The zero-order chi connectivity index (χ0) is 26.9. The Morgan fingerprint density at radius 2 is 1.66 bits per heavy atom. The first-order chi connectivity index (χ1) is 18.2. The minimum absolute atomic E-state index is 0.0436. The Hall–Kier alpha value is -3.74. The quantitative estimate of drug-likeness (QED) is 0.298. The number of carbonyl (C=O) groups is 2. The number of ether oxygens (including phenoxy) is 1. The Balaban J connectivity index is 1.75. The number of rotatable bonds is 4. The third-order valence-corrected chi connectivity index (χ3v) is 7.90. The van der Waals surface area contributed by atoms with Crippen molar-refractivity contribution in [2.75, 3.05) is 17.3 Å². The Bertz CT molecular complexity index is 1660. The smallest absolute Gasteiger partial charge is 0.261 e. The Kier molecular flexibility index (Phi) is 5.60. The molecule has 0 saturated heterocycles. The lowest BCUT2D eigenvalue weighted by molar-refractivity contribution is -0.119. The fourth-order valence-electron chi connectivity index (χ4n) is 5.90. The van der Waals surface area contributed by atoms with Crippen molar-refractivity contribution in [2.24, 2.45) is 0 Å². The molecule has 192 valence electrons. The standard InChI is InChI=1S/C30H25Cl2N3O3/c1-16(2)27-26-20(15-34(27)23-7-5-6-8-25(23)38-4)28(36)35(24-14-19(32)10-9-17(24)3)30(26)21-12-11-18(31)13-22(21)33-29(30)37/h5-16H,1-4H3,(H,33,37). The topological polar surface area (TPSA) is 63.6 Å². The Morgan fingerprint density at radius 1 is 0.947 bits per heavy atom. The molecule has 2 aliphatic rings. The molecule has 0 saturated carbocycles. The first kappa shape index (κ1) is 24.6. The molecule has 1 unspecified atom stereocenters. The number of amides is 2. The van der Waals surface area contributed by atoms with Crippen LogP contribution in [-0.2, 0) is 10.3 Å². The molecule has 0 aliphatic carbocycles. The van der Waals surface area contributed by atoms with Crippen molar-refractivity contribution in [3.05, 3.63) is 105 Å². The van der Waals surface area contributed by atoms with E-state index in [0.29, 0.717) is 43.9 Å². The molecule has 1 atom stereocenters. The first-order valence-corrected chi connectivity index (χ1v) is 13.1. The molecule has 0 fully saturated rings. The molecular formula is C30H25Cl2N3O3. The predicted octanol–water partition coefficient (Wildman–Crippen LogP) is 7.08. The number of hydrogen-bond donors (Lipinski definition) is 1. The van der Waals surface area contributed by atoms with E-state index in [1.165, 1.54) is 0 Å². The van der Waals surface area contributed by atoms with Crippen molar-refractivity contribution in [1.29, 1.82) is 0 Å². The van der Waals surface area contributed by atoms with Crippen LogP contribution in [0.5, 0.6) is 5.75 Å². The number of nitrogens with zero attached hydrogens (tertiary/aromatic N) is 2. The first-order valence-electron chi connectivity index (χ1n) is 12.3. The number of carbonyl (C=O) groups excluding carboxylic acids is 2. The summed E-state index contributed by atoms with van der Waals surface area (Å²) >= 11 is 12.8. The summed E-state index contributed by atoms with van der Waals surface area (Å²) in [7, 11) is 1.62. The van der Waals surface area contributed by atoms with Crippen LogP contribution >= 0.6 is 23.2 Å². The van der Waals surface area contributed by atoms with E-state index in [0.717, 1.165) is 16.9 Å². The second-order valence-corrected chi connectivity index (χ2v) is 10.8. The fraction of sp³-hybridized carbons (Fsp3) is 0.200. The van der Waals surface area contributed by atoms with Gasteiger partial charge in [0.05, 0.1) is 24.0 Å². The van der Waals surface area contributed by atoms with Gasteiger partial charge < -0.3 is 14.6 Å². The Morgan fingerprint density at radius 3 is 2.39 bits per heavy atom. The van der Waals surface area contributed by atoms with Gasteiger partial charge in [-0.2, -0.15) is 0 Å². The summed E-state index contributed by atoms with van der Waals surface area (Å²) in [6.45, 7) is 6.02. The fourth-order valence-corrected chi connectivity index (χ4v) is 6.24. The molecule has 6 nitrogen and oxygen atoms in total. The SMILES string of the molecule is COc1ccccc1-n1cc2c(c1C(C)C)C1(C(=O)Nc3cc(Cl)ccc31)N(c1cc(Cl)ccc1C)C2=O. The largest absolute Gasteiger partial charge is 0.495 e. The number of anilines is 2. The van der Waals surface area contributed by atoms with Crippen LogP contribution in [0.15, 0.2) is 66.9 Å². The van der Waals surface area contributed by atoms with Gasteiger partial charge in [-0.1, -0.05) is 61.3 Å². The molecule has 0 bridgehead atoms. The summed E-state index contributed by atoms with van der Waals surface area (Å²) < 4.78 is 7.65. The molecule has 8 heteroatoms. The molecular weight excluding hydrogens is 521 g/mol. The average Bonchev–Trinajstić information content (AvgIpc) is 3.49. The van der Waals surface area contributed by atoms with Crippen molar-refractivity contribution < 1.29 is 14.3 Å². The van der Waals surface area contributed by atoms with Gasteiger partial charge in [-0.3, -0.25) is 14.5 Å². The van der Waals surface area contributed by atoms with Gasteiger partial charge in [0.1, 0.15) is 5.75 Å². The van der Waals surface area contributed by atoms with Crippen molar-refractivity contribution >= 4 is 46.4 Å². The van der Waals surface area contributed by atoms with Crippen LogP contribution in [0.4, 0.5) is 11.4 Å². The zero-order valence-corrected chi connectivity index (χ0v) is 22.8. The van der Waals surface area contributed by atoms with Crippen LogP contribution in [0.2, 0.25) is 10.0 Å². The van der Waals surface area contributed by atoms with E-state index in [9.17, 15) is 9.59 Å². The van der Waals surface area contributed by atoms with E-state index in [1.807, 2.05) is 54.1 Å². The van der Waals surface area contributed by atoms with Crippen LogP contribution in [0.1, 0.15) is 52.5 Å². The van der Waals surface area contributed by atoms with Gasteiger partial charge in [0.15, 0.2) is 5.54 Å². The Labute approximate surface area is 230 Å². The van der Waals surface area contributed by atoms with Gasteiger partial charge in [-0.15, -0.1) is 0 Å². The maximum absolute atomic E-state index is 14.5. The second-order valence-electron chi connectivity index (χ2n) is 9.93. The molecule has 2 amide bonds. The molecule has 1 aromatic heterocycles. The zero-order valence-electron chi connectivity index (χ0n) is 21.3. The molecule has 1 spiro atoms. The lowest BCUT2D eigenvalue weighted by Gasteiger charge is -2.36. The predicted molar refractivity (Wildman–Crippen MR) is 150 cm³/mol. The number of aromatic nitrogens is 1. The summed E-state index contributed by atoms with van der Waals surface area (Å²) in [4.78, 5) is 30.3. The third kappa shape index (κ3) is 3.20. The van der Waals surface area contributed by atoms with Gasteiger partial charge in [-0.25, -0.2) is 0 Å². The molecule has 4 aromatic rings. The molecule has 6 rings (SSSR count). The second kappa shape index (κ2) is 8.65. The number of halogens is 2. The van der Waals surface area contributed by atoms with Crippen LogP contribution < -0.4 is 15.0 Å². The van der Waals surface area contributed by atoms with Gasteiger partial charge in [0.25, 0.3) is 11.8 Å². The molecule has 38 heavy (non-hydrogen) atoms. The molecule has 2 aliphatic heterocycles. The van der Waals surface area contributed by atoms with E-state index < -0.39 is 5.54 Å². The minimum atomic E-state index is -1.45. The van der Waals surface area contributed by atoms with E-state index >= 15 is 0 Å². The average molecular weight is 546 g/mol. The monoisotopic (exact) mass is 545 g/mol. The van der Waals surface area contributed by atoms with Gasteiger partial charge in [0, 0.05) is 38.8 Å². The molecule has 3 aromatic carbocycles. The van der Waals surface area contributed by atoms with Crippen molar-refractivity contribution in [2.45, 2.75) is 32.2 Å². The maximum atomic E-state index is 14.5. The van der Waals surface area contributed by atoms with E-state index in [1.54, 1.807) is 36.3 Å². The third-order valence-electron chi connectivity index (χ3n) is 7.43. The lowest BCUT2D eigenvalue weighted by Crippen LogP contribution is -2.51. The molecule has 3 heterocycles. The number of benzene rings is 3. The van der Waals surface area contributed by atoms with E-state index in [-0.39, 0.29) is 17.7 Å². The van der Waals surface area contributed by atoms with Crippen molar-refractivity contribution in [3.8, 4) is 11.4 Å². The summed E-state index contributed by atoms with van der Waals surface area (Å²) in [5.74, 6) is 0.0212. The molecule has 0 radical (unpaired) electrons. The summed E-state index contributed by atoms with van der Waals surface area (Å²) in [5.41, 5.74) is 3.94. The summed E-state index contributed by atoms with van der Waals surface area (Å²) in [6.07, 6.45) is 1.83. The van der Waals surface area contributed by atoms with Crippen LogP contribution in [0, 0.1) is 6.92 Å². The number of hydrogen-bond acceptors (Lipinski definition) is 3. The highest BCUT2D eigenvalue weighted by Crippen LogP contribution is 2.56. The highest BCUT2D eigenvalue weighted by atomic mass is 35.5. The normalized spacial score (nSPS) is 17.8. The van der Waals surface area contributed by atoms with Crippen LogP contribution in [0.25, 0.3) is 5.69 Å².